The summed E-state index contributed by atoms with van der Waals surface area (Å²) < 4.78 is 5.23. The number of carbonyl (C=O) groups excluding carboxylic acids is 1. The second-order valence-corrected chi connectivity index (χ2v) is 5.61. The van der Waals surface area contributed by atoms with Crippen LogP contribution >= 0.6 is 0 Å². The summed E-state index contributed by atoms with van der Waals surface area (Å²) in [5, 5.41) is 11.0. The number of ether oxygens (including phenoxy) is 1. The monoisotopic (exact) mass is 309 g/mol. The van der Waals surface area contributed by atoms with E-state index in [4.69, 9.17) is 4.74 Å². The summed E-state index contributed by atoms with van der Waals surface area (Å²) >= 11 is 0. The average Bonchev–Trinajstić information content (AvgIpc) is 2.78. The Hall–Kier alpha value is -2.59. The Morgan fingerprint density at radius 3 is 2.65 bits per heavy atom. The Morgan fingerprint density at radius 2 is 2.00 bits per heavy atom. The molecule has 1 aliphatic rings. The van der Waals surface area contributed by atoms with Crippen molar-refractivity contribution in [2.75, 3.05) is 12.0 Å². The fraction of sp³-hybridized carbons (Fsp3) is 0.211. The number of hydrogen-bond donors (Lipinski definition) is 1. The van der Waals surface area contributed by atoms with Crippen molar-refractivity contribution < 1.29 is 14.6 Å². The van der Waals surface area contributed by atoms with Crippen LogP contribution in [0, 0.1) is 0 Å². The van der Waals surface area contributed by atoms with E-state index in [2.05, 4.69) is 6.58 Å². The lowest BCUT2D eigenvalue weighted by Crippen LogP contribution is -2.39. The lowest BCUT2D eigenvalue weighted by Gasteiger charge is -2.22. The minimum atomic E-state index is -1.58. The van der Waals surface area contributed by atoms with Crippen molar-refractivity contribution in [3.05, 3.63) is 72.3 Å². The largest absolute Gasteiger partial charge is 0.497 e. The quantitative estimate of drug-likeness (QED) is 0.864. The SMILES string of the molecule is C=CC[C@@]1(O)C(=O)N(Cc2ccccc2)c2ccc(OC)cc21. The van der Waals surface area contributed by atoms with Crippen molar-refractivity contribution in [2.24, 2.45) is 0 Å². The summed E-state index contributed by atoms with van der Waals surface area (Å²) in [5.41, 5.74) is 0.701. The van der Waals surface area contributed by atoms with Crippen LogP contribution in [-0.4, -0.2) is 18.1 Å². The average molecular weight is 309 g/mol. The number of rotatable bonds is 5. The molecule has 0 bridgehead atoms. The fourth-order valence-electron chi connectivity index (χ4n) is 2.99. The van der Waals surface area contributed by atoms with Gasteiger partial charge in [0.05, 0.1) is 19.3 Å². The predicted molar refractivity (Wildman–Crippen MR) is 89.3 cm³/mol. The molecule has 3 rings (SSSR count). The Kier molecular flexibility index (Phi) is 3.92. The second-order valence-electron chi connectivity index (χ2n) is 5.61. The van der Waals surface area contributed by atoms with Crippen molar-refractivity contribution in [1.82, 2.24) is 0 Å². The molecule has 1 atom stereocenters. The van der Waals surface area contributed by atoms with E-state index in [9.17, 15) is 9.90 Å². The molecule has 1 aliphatic heterocycles. The van der Waals surface area contributed by atoms with Gasteiger partial charge in [-0.05, 0) is 23.8 Å². The number of carbonyl (C=O) groups is 1. The molecular weight excluding hydrogens is 290 g/mol. The van der Waals surface area contributed by atoms with Crippen molar-refractivity contribution in [3.8, 4) is 5.75 Å². The number of amides is 1. The summed E-state index contributed by atoms with van der Waals surface area (Å²) in [6, 6.07) is 15.0. The highest BCUT2D eigenvalue weighted by Crippen LogP contribution is 2.44. The first-order valence-electron chi connectivity index (χ1n) is 7.48. The third-order valence-corrected chi connectivity index (χ3v) is 4.16. The molecule has 0 saturated carbocycles. The first kappa shape index (κ1) is 15.3. The smallest absolute Gasteiger partial charge is 0.264 e. The molecule has 0 saturated heterocycles. The number of fused-ring (bicyclic) bond motifs is 1. The molecule has 2 aromatic rings. The van der Waals surface area contributed by atoms with Gasteiger partial charge < -0.3 is 14.7 Å². The van der Waals surface area contributed by atoms with Crippen LogP contribution in [0.15, 0.2) is 61.2 Å². The van der Waals surface area contributed by atoms with Gasteiger partial charge in [-0.3, -0.25) is 4.79 Å². The molecule has 1 amide bonds. The van der Waals surface area contributed by atoms with Crippen LogP contribution in [0.5, 0.6) is 5.75 Å². The zero-order valence-electron chi connectivity index (χ0n) is 13.0. The highest BCUT2D eigenvalue weighted by molar-refractivity contribution is 6.07. The van der Waals surface area contributed by atoms with E-state index >= 15 is 0 Å². The van der Waals surface area contributed by atoms with E-state index in [0.29, 0.717) is 23.5 Å². The third kappa shape index (κ3) is 2.51. The van der Waals surface area contributed by atoms with Gasteiger partial charge in [-0.1, -0.05) is 36.4 Å². The number of aliphatic hydroxyl groups is 1. The van der Waals surface area contributed by atoms with E-state index in [1.165, 1.54) is 0 Å². The molecule has 1 N–H and O–H groups in total. The minimum Gasteiger partial charge on any atom is -0.497 e. The van der Waals surface area contributed by atoms with E-state index < -0.39 is 5.60 Å². The molecule has 0 fully saturated rings. The molecule has 4 heteroatoms. The van der Waals surface area contributed by atoms with Gasteiger partial charge in [-0.15, -0.1) is 6.58 Å². The molecule has 0 radical (unpaired) electrons. The summed E-state index contributed by atoms with van der Waals surface area (Å²) in [6.07, 6.45) is 1.73. The van der Waals surface area contributed by atoms with Crippen LogP contribution in [0.2, 0.25) is 0 Å². The summed E-state index contributed by atoms with van der Waals surface area (Å²) in [7, 11) is 1.56. The molecule has 0 aromatic heterocycles. The fourth-order valence-corrected chi connectivity index (χ4v) is 2.99. The van der Waals surface area contributed by atoms with Crippen LogP contribution in [0.3, 0.4) is 0 Å². The first-order valence-corrected chi connectivity index (χ1v) is 7.48. The van der Waals surface area contributed by atoms with Gasteiger partial charge in [0.15, 0.2) is 5.60 Å². The van der Waals surface area contributed by atoms with E-state index in [-0.39, 0.29) is 12.3 Å². The molecular formula is C19H19NO3. The standard InChI is InChI=1S/C19H19NO3/c1-3-11-19(22)16-12-15(23-2)9-10-17(16)20(18(19)21)13-14-7-5-4-6-8-14/h3-10,12,22H,1,11,13H2,2H3/t19-/m0/s1. The van der Waals surface area contributed by atoms with E-state index in [0.717, 1.165) is 5.56 Å². The maximum Gasteiger partial charge on any atom is 0.264 e. The molecule has 0 unspecified atom stereocenters. The first-order chi connectivity index (χ1) is 11.1. The topological polar surface area (TPSA) is 49.8 Å². The molecule has 4 nitrogen and oxygen atoms in total. The molecule has 0 aliphatic carbocycles. The normalized spacial score (nSPS) is 19.6. The Morgan fingerprint density at radius 1 is 1.26 bits per heavy atom. The van der Waals surface area contributed by atoms with E-state index in [1.54, 1.807) is 30.2 Å². The predicted octanol–water partition coefficient (Wildman–Crippen LogP) is 3.01. The number of anilines is 1. The maximum absolute atomic E-state index is 12.9. The lowest BCUT2D eigenvalue weighted by molar-refractivity contribution is -0.135. The number of benzene rings is 2. The van der Waals surface area contributed by atoms with Gasteiger partial charge in [0.1, 0.15) is 5.75 Å². The van der Waals surface area contributed by atoms with E-state index in [1.807, 2.05) is 36.4 Å². The second kappa shape index (κ2) is 5.89. The Balaban J connectivity index is 2.06. The summed E-state index contributed by atoms with van der Waals surface area (Å²) in [4.78, 5) is 14.5. The Bertz CT molecular complexity index is 742. The molecule has 2 aromatic carbocycles. The number of methoxy groups -OCH3 is 1. The maximum atomic E-state index is 12.9. The van der Waals surface area contributed by atoms with Crippen LogP contribution in [0.4, 0.5) is 5.69 Å². The van der Waals surface area contributed by atoms with Crippen molar-refractivity contribution in [2.45, 2.75) is 18.6 Å². The number of nitrogens with zero attached hydrogens (tertiary/aromatic N) is 1. The van der Waals surface area contributed by atoms with Gasteiger partial charge >= 0.3 is 0 Å². The molecule has 0 spiro atoms. The molecule has 23 heavy (non-hydrogen) atoms. The van der Waals surface area contributed by atoms with Gasteiger partial charge in [0.25, 0.3) is 5.91 Å². The van der Waals surface area contributed by atoms with Crippen molar-refractivity contribution >= 4 is 11.6 Å². The Labute approximate surface area is 135 Å². The van der Waals surface area contributed by atoms with Gasteiger partial charge in [0, 0.05) is 12.0 Å². The van der Waals surface area contributed by atoms with Crippen LogP contribution in [-0.2, 0) is 16.9 Å². The van der Waals surface area contributed by atoms with Gasteiger partial charge in [-0.25, -0.2) is 0 Å². The zero-order chi connectivity index (χ0) is 16.4. The van der Waals surface area contributed by atoms with Crippen LogP contribution < -0.4 is 9.64 Å². The van der Waals surface area contributed by atoms with Crippen LogP contribution in [0.1, 0.15) is 17.5 Å². The lowest BCUT2D eigenvalue weighted by atomic mass is 9.92. The highest BCUT2D eigenvalue weighted by Gasteiger charge is 2.49. The highest BCUT2D eigenvalue weighted by atomic mass is 16.5. The van der Waals surface area contributed by atoms with Gasteiger partial charge in [0.2, 0.25) is 0 Å². The summed E-state index contributed by atoms with van der Waals surface area (Å²) in [6.45, 7) is 4.08. The summed E-state index contributed by atoms with van der Waals surface area (Å²) in [5.74, 6) is 0.283. The molecule has 118 valence electrons. The zero-order valence-corrected chi connectivity index (χ0v) is 13.0. The van der Waals surface area contributed by atoms with Gasteiger partial charge in [-0.2, -0.15) is 0 Å². The number of hydrogen-bond acceptors (Lipinski definition) is 3. The molecule has 1 heterocycles. The van der Waals surface area contributed by atoms with Crippen LogP contribution in [0.25, 0.3) is 0 Å². The van der Waals surface area contributed by atoms with Crippen molar-refractivity contribution in [1.29, 1.82) is 0 Å². The third-order valence-electron chi connectivity index (χ3n) is 4.16. The van der Waals surface area contributed by atoms with Crippen molar-refractivity contribution in [3.63, 3.8) is 0 Å². The minimum absolute atomic E-state index is 0.164.